The van der Waals surface area contributed by atoms with Gasteiger partial charge >= 0.3 is 0 Å². The Labute approximate surface area is 211 Å². The summed E-state index contributed by atoms with van der Waals surface area (Å²) in [7, 11) is 1.75. The van der Waals surface area contributed by atoms with Crippen LogP contribution in [0.4, 0.5) is 11.5 Å². The third-order valence-electron chi connectivity index (χ3n) is 7.02. The molecule has 7 nitrogen and oxygen atoms in total. The molecule has 3 aromatic rings. The number of pyridine rings is 1. The molecule has 1 aromatic carbocycles. The zero-order chi connectivity index (χ0) is 25.4. The van der Waals surface area contributed by atoms with Gasteiger partial charge < -0.3 is 20.4 Å². The summed E-state index contributed by atoms with van der Waals surface area (Å²) in [5.74, 6) is 1.54. The summed E-state index contributed by atoms with van der Waals surface area (Å²) in [5.41, 5.74) is 10.6. The third kappa shape index (κ3) is 7.07. The second-order valence-corrected chi connectivity index (χ2v) is 10.5. The Bertz CT molecular complexity index is 1070. The number of aromatic amines is 1. The van der Waals surface area contributed by atoms with Crippen LogP contribution in [-0.4, -0.2) is 66.3 Å². The maximum atomic E-state index is 6.24. The summed E-state index contributed by atoms with van der Waals surface area (Å²) < 4.78 is 5.00. The molecule has 1 fully saturated rings. The minimum Gasteiger partial charge on any atom is -0.384 e. The molecule has 4 rings (SSSR count). The first-order chi connectivity index (χ1) is 16.8. The highest BCUT2D eigenvalue weighted by Crippen LogP contribution is 2.30. The Morgan fingerprint density at radius 2 is 1.80 bits per heavy atom. The Kier molecular flexibility index (Phi) is 9.75. The number of aryl methyl sites for hydroxylation is 1. The summed E-state index contributed by atoms with van der Waals surface area (Å²) in [6.45, 7) is 17.5. The molecular weight excluding hydrogens is 436 g/mol. The molecule has 2 aromatic heterocycles. The summed E-state index contributed by atoms with van der Waals surface area (Å²) in [6, 6.07) is 6.53. The Morgan fingerprint density at radius 1 is 1.06 bits per heavy atom. The number of hydrogen-bond acceptors (Lipinski definition) is 6. The van der Waals surface area contributed by atoms with Crippen molar-refractivity contribution in [3.63, 3.8) is 0 Å². The molecule has 0 unspecified atom stereocenters. The summed E-state index contributed by atoms with van der Waals surface area (Å²) in [6.07, 6.45) is 5.63. The maximum Gasteiger partial charge on any atom is 0.150 e. The molecule has 0 aliphatic carbocycles. The number of hydrogen-bond donors (Lipinski definition) is 2. The normalized spacial score (nSPS) is 15.0. The summed E-state index contributed by atoms with van der Waals surface area (Å²) in [5, 5.41) is 1.08. The van der Waals surface area contributed by atoms with Gasteiger partial charge in [-0.1, -0.05) is 41.0 Å². The van der Waals surface area contributed by atoms with Crippen LogP contribution in [0.1, 0.15) is 66.1 Å². The molecule has 7 heteroatoms. The minimum atomic E-state index is 0.370. The average Bonchev–Trinajstić information content (AvgIpc) is 3.29. The van der Waals surface area contributed by atoms with E-state index in [4.69, 9.17) is 15.5 Å². The molecule has 0 radical (unpaired) electrons. The van der Waals surface area contributed by atoms with E-state index in [0.717, 1.165) is 79.8 Å². The number of nitrogens with two attached hydrogens (primary N) is 1. The molecule has 0 saturated carbocycles. The van der Waals surface area contributed by atoms with Crippen molar-refractivity contribution in [3.05, 3.63) is 24.0 Å². The number of unbranched alkanes of at least 4 members (excludes halogenated alkanes) is 1. The zero-order valence-corrected chi connectivity index (χ0v) is 22.8. The lowest BCUT2D eigenvalue weighted by Gasteiger charge is -2.36. The van der Waals surface area contributed by atoms with Crippen molar-refractivity contribution in [1.82, 2.24) is 19.9 Å². The molecule has 0 amide bonds. The second-order valence-electron chi connectivity index (χ2n) is 10.5. The summed E-state index contributed by atoms with van der Waals surface area (Å²) >= 11 is 0. The molecule has 194 valence electrons. The van der Waals surface area contributed by atoms with Crippen LogP contribution < -0.4 is 10.6 Å². The van der Waals surface area contributed by atoms with Crippen molar-refractivity contribution in [2.75, 3.05) is 57.1 Å². The highest BCUT2D eigenvalue weighted by molar-refractivity contribution is 6.06. The van der Waals surface area contributed by atoms with Gasteiger partial charge in [-0.25, -0.2) is 9.97 Å². The van der Waals surface area contributed by atoms with Gasteiger partial charge in [-0.2, -0.15) is 0 Å². The fourth-order valence-corrected chi connectivity index (χ4v) is 4.50. The van der Waals surface area contributed by atoms with Crippen LogP contribution in [0.25, 0.3) is 21.9 Å². The van der Waals surface area contributed by atoms with Crippen molar-refractivity contribution in [2.45, 2.75) is 66.7 Å². The first-order valence-corrected chi connectivity index (χ1v) is 13.4. The quantitative estimate of drug-likeness (QED) is 0.411. The number of fused-ring (bicyclic) bond motifs is 3. The monoisotopic (exact) mass is 482 g/mol. The van der Waals surface area contributed by atoms with E-state index in [0.29, 0.717) is 11.2 Å². The third-order valence-corrected chi connectivity index (χ3v) is 7.02. The zero-order valence-electron chi connectivity index (χ0n) is 22.8. The van der Waals surface area contributed by atoms with Crippen LogP contribution in [0.3, 0.4) is 0 Å². The second kappa shape index (κ2) is 12.5. The van der Waals surface area contributed by atoms with Crippen LogP contribution in [0.15, 0.2) is 18.2 Å². The van der Waals surface area contributed by atoms with Crippen molar-refractivity contribution < 1.29 is 4.74 Å². The summed E-state index contributed by atoms with van der Waals surface area (Å²) in [4.78, 5) is 17.8. The van der Waals surface area contributed by atoms with Gasteiger partial charge in [0, 0.05) is 50.8 Å². The van der Waals surface area contributed by atoms with Crippen molar-refractivity contribution in [1.29, 1.82) is 0 Å². The number of nitrogens with one attached hydrogen (secondary N) is 1. The number of nitrogen functional groups attached to an aromatic ring is 1. The van der Waals surface area contributed by atoms with Gasteiger partial charge in [0.25, 0.3) is 0 Å². The first-order valence-electron chi connectivity index (χ1n) is 13.4. The van der Waals surface area contributed by atoms with Gasteiger partial charge in [-0.15, -0.1) is 0 Å². The van der Waals surface area contributed by atoms with E-state index in [2.05, 4.69) is 72.6 Å². The van der Waals surface area contributed by atoms with E-state index in [1.807, 2.05) is 0 Å². The highest BCUT2D eigenvalue weighted by atomic mass is 16.5. The molecule has 0 spiro atoms. The fourth-order valence-electron chi connectivity index (χ4n) is 4.50. The lowest BCUT2D eigenvalue weighted by molar-refractivity contribution is 0.102. The SMILES string of the molecule is CCC(C)(C)COC.CCCCc1nc2c([nH]1)c(N)nc1cc(N3CCN(CCC)CC3)ccc12. The predicted molar refractivity (Wildman–Crippen MR) is 149 cm³/mol. The molecule has 35 heavy (non-hydrogen) atoms. The van der Waals surface area contributed by atoms with Crippen LogP contribution >= 0.6 is 0 Å². The lowest BCUT2D eigenvalue weighted by Crippen LogP contribution is -2.46. The molecule has 0 atom stereocenters. The Balaban J connectivity index is 0.000000371. The van der Waals surface area contributed by atoms with Crippen molar-refractivity contribution in [2.24, 2.45) is 5.41 Å². The number of H-pyrrole nitrogens is 1. The van der Waals surface area contributed by atoms with E-state index >= 15 is 0 Å². The molecule has 1 saturated heterocycles. The van der Waals surface area contributed by atoms with Gasteiger partial charge in [0.15, 0.2) is 0 Å². The molecular formula is C28H46N6O. The molecule has 0 bridgehead atoms. The number of benzene rings is 1. The number of nitrogens with zero attached hydrogens (tertiary/aromatic N) is 4. The number of methoxy groups -OCH3 is 1. The molecule has 1 aliphatic heterocycles. The van der Waals surface area contributed by atoms with Crippen LogP contribution in [-0.2, 0) is 11.2 Å². The van der Waals surface area contributed by atoms with Gasteiger partial charge in [0.2, 0.25) is 0 Å². The largest absolute Gasteiger partial charge is 0.384 e. The predicted octanol–water partition coefficient (Wildman–Crippen LogP) is 5.64. The van der Waals surface area contributed by atoms with Crippen molar-refractivity contribution >= 4 is 33.4 Å². The van der Waals surface area contributed by atoms with E-state index in [-0.39, 0.29) is 0 Å². The number of rotatable bonds is 9. The number of piperazine rings is 1. The van der Waals surface area contributed by atoms with E-state index in [1.54, 1.807) is 7.11 Å². The number of ether oxygens (including phenoxy) is 1. The van der Waals surface area contributed by atoms with Gasteiger partial charge in [-0.05, 0) is 49.4 Å². The molecule has 3 heterocycles. The topological polar surface area (TPSA) is 83.3 Å². The highest BCUT2D eigenvalue weighted by Gasteiger charge is 2.18. The van der Waals surface area contributed by atoms with Gasteiger partial charge in [0.05, 0.1) is 12.1 Å². The molecule has 1 aliphatic rings. The molecule has 3 N–H and O–H groups in total. The standard InChI is InChI=1S/C21H30N6.C7H16O/c1-3-5-6-18-24-19-16-8-7-15(14-17(16)23-21(22)20(19)25-18)27-12-10-26(9-4-2)11-13-27;1-5-7(2,3)6-8-4/h7-8,14H,3-6,9-13H2,1-2H3,(H2,22,23)(H,24,25);5-6H2,1-4H3. The van der Waals surface area contributed by atoms with Crippen LogP contribution in [0.5, 0.6) is 0 Å². The fraction of sp³-hybridized carbons (Fsp3) is 0.643. The average molecular weight is 483 g/mol. The number of anilines is 2. The number of imidazole rings is 1. The first kappa shape index (κ1) is 27.2. The van der Waals surface area contributed by atoms with Crippen molar-refractivity contribution in [3.8, 4) is 0 Å². The van der Waals surface area contributed by atoms with Crippen LogP contribution in [0.2, 0.25) is 0 Å². The Morgan fingerprint density at radius 3 is 2.40 bits per heavy atom. The smallest absolute Gasteiger partial charge is 0.150 e. The van der Waals surface area contributed by atoms with Gasteiger partial charge in [0.1, 0.15) is 22.7 Å². The van der Waals surface area contributed by atoms with E-state index in [1.165, 1.54) is 25.1 Å². The van der Waals surface area contributed by atoms with E-state index in [9.17, 15) is 0 Å². The minimum absolute atomic E-state index is 0.370. The van der Waals surface area contributed by atoms with Gasteiger partial charge in [-0.3, -0.25) is 4.90 Å². The lowest BCUT2D eigenvalue weighted by atomic mass is 9.92. The Hall–Kier alpha value is -2.38. The number of aromatic nitrogens is 3. The van der Waals surface area contributed by atoms with Crippen LogP contribution in [0, 0.1) is 5.41 Å². The van der Waals surface area contributed by atoms with E-state index < -0.39 is 0 Å². The maximum absolute atomic E-state index is 6.24.